The molecule has 2 atom stereocenters. The van der Waals surface area contributed by atoms with Crippen LogP contribution in [0.25, 0.3) is 10.9 Å². The molecular formula is C16H22N4O2. The Hall–Kier alpha value is -1.92. The van der Waals surface area contributed by atoms with Crippen molar-refractivity contribution in [3.63, 3.8) is 0 Å². The zero-order valence-electron chi connectivity index (χ0n) is 13.0. The van der Waals surface area contributed by atoms with E-state index in [2.05, 4.69) is 20.2 Å². The number of piperazine rings is 1. The maximum atomic E-state index is 9.69. The lowest BCUT2D eigenvalue weighted by Gasteiger charge is -2.28. The number of aliphatic hydroxyl groups is 1. The molecule has 2 N–H and O–H groups in total. The molecule has 6 heteroatoms. The summed E-state index contributed by atoms with van der Waals surface area (Å²) in [6.45, 7) is 7.16. The number of hydrogen-bond donors (Lipinski definition) is 2. The highest BCUT2D eigenvalue weighted by atomic mass is 16.5. The number of ether oxygens (including phenoxy) is 1. The van der Waals surface area contributed by atoms with Crippen LogP contribution < -0.4 is 15.0 Å². The van der Waals surface area contributed by atoms with Crippen LogP contribution >= 0.6 is 0 Å². The zero-order chi connectivity index (χ0) is 15.5. The molecule has 0 radical (unpaired) electrons. The van der Waals surface area contributed by atoms with Crippen molar-refractivity contribution in [2.75, 3.05) is 31.1 Å². The number of nitrogens with zero attached hydrogens (tertiary/aromatic N) is 3. The van der Waals surface area contributed by atoms with Crippen molar-refractivity contribution in [2.45, 2.75) is 26.1 Å². The van der Waals surface area contributed by atoms with E-state index in [0.717, 1.165) is 37.1 Å². The molecule has 0 saturated carbocycles. The number of rotatable bonds is 4. The Bertz CT molecular complexity index is 641. The largest absolute Gasteiger partial charge is 0.471 e. The van der Waals surface area contributed by atoms with Crippen molar-refractivity contribution in [1.29, 1.82) is 0 Å². The van der Waals surface area contributed by atoms with Gasteiger partial charge in [0.2, 0.25) is 11.8 Å². The van der Waals surface area contributed by atoms with Gasteiger partial charge in [-0.3, -0.25) is 0 Å². The molecule has 1 aliphatic rings. The number of fused-ring (bicyclic) bond motifs is 1. The first-order valence-corrected chi connectivity index (χ1v) is 7.72. The van der Waals surface area contributed by atoms with Gasteiger partial charge in [-0.15, -0.1) is 0 Å². The van der Waals surface area contributed by atoms with E-state index in [1.165, 1.54) is 0 Å². The zero-order valence-corrected chi connectivity index (χ0v) is 13.0. The lowest BCUT2D eigenvalue weighted by atomic mass is 10.2. The van der Waals surface area contributed by atoms with E-state index >= 15 is 0 Å². The number of anilines is 1. The highest BCUT2D eigenvalue weighted by Gasteiger charge is 2.19. The second kappa shape index (κ2) is 6.46. The van der Waals surface area contributed by atoms with Crippen molar-refractivity contribution in [1.82, 2.24) is 15.3 Å². The highest BCUT2D eigenvalue weighted by molar-refractivity contribution is 5.84. The van der Waals surface area contributed by atoms with Crippen molar-refractivity contribution >= 4 is 16.9 Å². The van der Waals surface area contributed by atoms with Crippen LogP contribution in [0.2, 0.25) is 0 Å². The number of aliphatic hydroxyl groups excluding tert-OH is 1. The van der Waals surface area contributed by atoms with E-state index < -0.39 is 6.10 Å². The van der Waals surface area contributed by atoms with Crippen molar-refractivity contribution in [2.24, 2.45) is 0 Å². The van der Waals surface area contributed by atoms with Crippen LogP contribution in [-0.4, -0.2) is 53.5 Å². The summed E-state index contributed by atoms with van der Waals surface area (Å²) in [5, 5.41) is 13.9. The summed E-state index contributed by atoms with van der Waals surface area (Å²) < 4.78 is 5.88. The monoisotopic (exact) mass is 302 g/mol. The lowest BCUT2D eigenvalue weighted by Crippen LogP contribution is -2.44. The predicted octanol–water partition coefficient (Wildman–Crippen LogP) is 1.19. The van der Waals surface area contributed by atoms with Gasteiger partial charge in [0.25, 0.3) is 0 Å². The molecule has 2 unspecified atom stereocenters. The second-order valence-corrected chi connectivity index (χ2v) is 5.65. The summed E-state index contributed by atoms with van der Waals surface area (Å²) in [7, 11) is 0. The van der Waals surface area contributed by atoms with Gasteiger partial charge in [-0.1, -0.05) is 12.1 Å². The van der Waals surface area contributed by atoms with Crippen LogP contribution in [0, 0.1) is 0 Å². The number of para-hydroxylation sites is 1. The minimum atomic E-state index is -0.559. The quantitative estimate of drug-likeness (QED) is 0.884. The van der Waals surface area contributed by atoms with Gasteiger partial charge in [-0.05, 0) is 26.0 Å². The molecule has 22 heavy (non-hydrogen) atoms. The average Bonchev–Trinajstić information content (AvgIpc) is 2.55. The van der Waals surface area contributed by atoms with E-state index in [1.54, 1.807) is 6.92 Å². The van der Waals surface area contributed by atoms with Crippen LogP contribution in [0.5, 0.6) is 5.88 Å². The predicted molar refractivity (Wildman–Crippen MR) is 86.4 cm³/mol. The van der Waals surface area contributed by atoms with Crippen molar-refractivity contribution in [3.8, 4) is 5.88 Å². The van der Waals surface area contributed by atoms with Gasteiger partial charge in [0.1, 0.15) is 6.10 Å². The third kappa shape index (κ3) is 3.13. The molecule has 6 nitrogen and oxygen atoms in total. The highest BCUT2D eigenvalue weighted by Crippen LogP contribution is 2.26. The fourth-order valence-corrected chi connectivity index (χ4v) is 2.41. The van der Waals surface area contributed by atoms with Crippen LogP contribution in [0.3, 0.4) is 0 Å². The van der Waals surface area contributed by atoms with E-state index in [1.807, 2.05) is 31.2 Å². The van der Waals surface area contributed by atoms with Crippen LogP contribution in [0.4, 0.5) is 5.95 Å². The Balaban J connectivity index is 2.00. The topological polar surface area (TPSA) is 70.5 Å². The van der Waals surface area contributed by atoms with E-state index in [4.69, 9.17) is 4.74 Å². The van der Waals surface area contributed by atoms with Crippen LogP contribution in [-0.2, 0) is 0 Å². The molecule has 1 fully saturated rings. The van der Waals surface area contributed by atoms with Gasteiger partial charge in [0.15, 0.2) is 0 Å². The normalized spacial score (nSPS) is 18.2. The van der Waals surface area contributed by atoms with Crippen molar-refractivity contribution in [3.05, 3.63) is 24.3 Å². The first-order chi connectivity index (χ1) is 10.6. The van der Waals surface area contributed by atoms with Crippen molar-refractivity contribution < 1.29 is 9.84 Å². The molecule has 0 amide bonds. The second-order valence-electron chi connectivity index (χ2n) is 5.65. The molecule has 1 aromatic heterocycles. The molecule has 0 spiro atoms. The van der Waals surface area contributed by atoms with Gasteiger partial charge < -0.3 is 20.1 Å². The Morgan fingerprint density at radius 2 is 1.91 bits per heavy atom. The first-order valence-electron chi connectivity index (χ1n) is 7.72. The van der Waals surface area contributed by atoms with Gasteiger partial charge in [-0.2, -0.15) is 4.98 Å². The molecule has 1 saturated heterocycles. The Kier molecular flexibility index (Phi) is 4.40. The van der Waals surface area contributed by atoms with E-state index in [9.17, 15) is 5.11 Å². The average molecular weight is 302 g/mol. The van der Waals surface area contributed by atoms with Gasteiger partial charge >= 0.3 is 0 Å². The number of hydrogen-bond acceptors (Lipinski definition) is 6. The summed E-state index contributed by atoms with van der Waals surface area (Å²) in [5.41, 5.74) is 0.860. The lowest BCUT2D eigenvalue weighted by molar-refractivity contribution is 0.0585. The number of benzene rings is 1. The smallest absolute Gasteiger partial charge is 0.229 e. The molecule has 1 aliphatic heterocycles. The summed E-state index contributed by atoms with van der Waals surface area (Å²) in [4.78, 5) is 11.4. The van der Waals surface area contributed by atoms with Gasteiger partial charge in [0.05, 0.1) is 17.0 Å². The molecule has 0 bridgehead atoms. The molecule has 0 aliphatic carbocycles. The molecule has 118 valence electrons. The fourth-order valence-electron chi connectivity index (χ4n) is 2.41. The summed E-state index contributed by atoms with van der Waals surface area (Å²) in [5.74, 6) is 1.22. The van der Waals surface area contributed by atoms with Gasteiger partial charge in [0, 0.05) is 26.2 Å². The summed E-state index contributed by atoms with van der Waals surface area (Å²) in [6, 6.07) is 7.80. The Morgan fingerprint density at radius 3 is 2.64 bits per heavy atom. The Morgan fingerprint density at radius 1 is 1.18 bits per heavy atom. The molecule has 1 aromatic carbocycles. The maximum Gasteiger partial charge on any atom is 0.229 e. The molecule has 2 heterocycles. The molecule has 3 rings (SSSR count). The third-order valence-corrected chi connectivity index (χ3v) is 3.93. The molecule has 2 aromatic rings. The number of nitrogens with one attached hydrogen (secondary N) is 1. The third-order valence-electron chi connectivity index (χ3n) is 3.93. The van der Waals surface area contributed by atoms with Gasteiger partial charge in [-0.25, -0.2) is 4.98 Å². The van der Waals surface area contributed by atoms with E-state index in [-0.39, 0.29) is 6.10 Å². The maximum absolute atomic E-state index is 9.69. The first kappa shape index (κ1) is 15.0. The minimum Gasteiger partial charge on any atom is -0.471 e. The Labute approximate surface area is 130 Å². The standard InChI is InChI=1S/C16H22N4O2/c1-11(21)12(2)22-15-13-5-3-4-6-14(13)18-16(19-15)20-9-7-17-8-10-20/h3-6,11-12,17,21H,7-10H2,1-2H3. The SMILES string of the molecule is CC(O)C(C)Oc1nc(N2CCNCC2)nc2ccccc12. The van der Waals surface area contributed by atoms with Crippen LogP contribution in [0.1, 0.15) is 13.8 Å². The molecular weight excluding hydrogens is 280 g/mol. The summed E-state index contributed by atoms with van der Waals surface area (Å²) in [6.07, 6.45) is -0.884. The minimum absolute atomic E-state index is 0.325. The fraction of sp³-hybridized carbons (Fsp3) is 0.500. The summed E-state index contributed by atoms with van der Waals surface area (Å²) >= 11 is 0. The van der Waals surface area contributed by atoms with Crippen LogP contribution in [0.15, 0.2) is 24.3 Å². The number of aromatic nitrogens is 2. The van der Waals surface area contributed by atoms with E-state index in [0.29, 0.717) is 11.8 Å².